The number of hydrogen-bond donors (Lipinski definition) is 1. The minimum Gasteiger partial charge on any atom is -0.330 e. The van der Waals surface area contributed by atoms with Gasteiger partial charge in [0.15, 0.2) is 0 Å². The van der Waals surface area contributed by atoms with Crippen LogP contribution in [0.1, 0.15) is 18.4 Å². The Morgan fingerprint density at radius 2 is 2.20 bits per heavy atom. The largest absolute Gasteiger partial charge is 0.330 e. The van der Waals surface area contributed by atoms with Gasteiger partial charge in [0.25, 0.3) is 0 Å². The Morgan fingerprint density at radius 1 is 1.47 bits per heavy atom. The van der Waals surface area contributed by atoms with Crippen molar-refractivity contribution in [3.63, 3.8) is 0 Å². The summed E-state index contributed by atoms with van der Waals surface area (Å²) in [5, 5.41) is 0. The third kappa shape index (κ3) is 3.72. The first kappa shape index (κ1) is 12.3. The van der Waals surface area contributed by atoms with Gasteiger partial charge in [-0.3, -0.25) is 4.79 Å². The van der Waals surface area contributed by atoms with Crippen LogP contribution in [0.25, 0.3) is 0 Å². The van der Waals surface area contributed by atoms with Gasteiger partial charge in [-0.15, -0.1) is 0 Å². The second-order valence-corrected chi connectivity index (χ2v) is 4.11. The van der Waals surface area contributed by atoms with Gasteiger partial charge in [0, 0.05) is 12.8 Å². The van der Waals surface area contributed by atoms with Crippen molar-refractivity contribution in [1.29, 1.82) is 0 Å². The molecule has 0 atom stereocenters. The van der Waals surface area contributed by atoms with Crippen LogP contribution in [-0.2, 0) is 11.2 Å². The minimum atomic E-state index is -0.334. The summed E-state index contributed by atoms with van der Waals surface area (Å²) < 4.78 is 13.5. The lowest BCUT2D eigenvalue weighted by atomic mass is 10.1. The van der Waals surface area contributed by atoms with E-state index in [9.17, 15) is 9.18 Å². The molecule has 2 nitrogen and oxygen atoms in total. The second kappa shape index (κ2) is 5.98. The molecule has 15 heavy (non-hydrogen) atoms. The quantitative estimate of drug-likeness (QED) is 0.896. The van der Waals surface area contributed by atoms with Crippen LogP contribution in [0.3, 0.4) is 0 Å². The number of nitrogens with two attached hydrogens (primary N) is 1. The predicted octanol–water partition coefficient (Wildman–Crippen LogP) is 2.44. The molecule has 0 saturated carbocycles. The summed E-state index contributed by atoms with van der Waals surface area (Å²) in [5.41, 5.74) is 5.99. The lowest BCUT2D eigenvalue weighted by molar-refractivity contribution is -0.118. The first-order valence-electron chi connectivity index (χ1n) is 4.80. The fraction of sp³-hybridized carbons (Fsp3) is 0.364. The molecule has 0 saturated heterocycles. The fourth-order valence-electron chi connectivity index (χ4n) is 1.29. The molecule has 0 bridgehead atoms. The van der Waals surface area contributed by atoms with E-state index < -0.39 is 0 Å². The zero-order valence-electron chi connectivity index (χ0n) is 8.30. The number of hydrogen-bond acceptors (Lipinski definition) is 2. The molecule has 1 aromatic carbocycles. The van der Waals surface area contributed by atoms with E-state index in [0.717, 1.165) is 0 Å². The van der Waals surface area contributed by atoms with Crippen LogP contribution >= 0.6 is 15.9 Å². The highest BCUT2D eigenvalue weighted by atomic mass is 79.9. The summed E-state index contributed by atoms with van der Waals surface area (Å²) in [6.07, 6.45) is 1.41. The highest BCUT2D eigenvalue weighted by Crippen LogP contribution is 2.21. The summed E-state index contributed by atoms with van der Waals surface area (Å²) in [6.45, 7) is 0.510. The van der Waals surface area contributed by atoms with E-state index in [1.54, 1.807) is 12.1 Å². The summed E-state index contributed by atoms with van der Waals surface area (Å²) in [4.78, 5) is 11.4. The molecule has 2 N–H and O–H groups in total. The molecule has 1 aromatic rings. The van der Waals surface area contributed by atoms with Gasteiger partial charge in [-0.1, -0.05) is 12.1 Å². The Morgan fingerprint density at radius 3 is 2.87 bits per heavy atom. The molecule has 0 aromatic heterocycles. The van der Waals surface area contributed by atoms with Crippen molar-refractivity contribution in [3.8, 4) is 0 Å². The van der Waals surface area contributed by atoms with Crippen LogP contribution in [0.15, 0.2) is 22.7 Å². The Hall–Kier alpha value is -0.740. The molecule has 0 aliphatic carbocycles. The van der Waals surface area contributed by atoms with E-state index in [2.05, 4.69) is 15.9 Å². The van der Waals surface area contributed by atoms with E-state index in [4.69, 9.17) is 5.73 Å². The predicted molar refractivity (Wildman–Crippen MR) is 61.1 cm³/mol. The van der Waals surface area contributed by atoms with E-state index in [1.807, 2.05) is 0 Å². The number of benzene rings is 1. The van der Waals surface area contributed by atoms with E-state index in [1.165, 1.54) is 6.07 Å². The number of carbonyl (C=O) groups is 1. The summed E-state index contributed by atoms with van der Waals surface area (Å²) in [6, 6.07) is 4.71. The number of rotatable bonds is 5. The summed E-state index contributed by atoms with van der Waals surface area (Å²) >= 11 is 3.12. The Kier molecular flexibility index (Phi) is 4.91. The van der Waals surface area contributed by atoms with Gasteiger partial charge < -0.3 is 5.73 Å². The van der Waals surface area contributed by atoms with Crippen molar-refractivity contribution in [1.82, 2.24) is 0 Å². The maximum Gasteiger partial charge on any atom is 0.137 e. The topological polar surface area (TPSA) is 43.1 Å². The average molecular weight is 274 g/mol. The number of ketones is 1. The smallest absolute Gasteiger partial charge is 0.137 e. The van der Waals surface area contributed by atoms with Crippen LogP contribution in [0, 0.1) is 5.82 Å². The fourth-order valence-corrected chi connectivity index (χ4v) is 1.69. The van der Waals surface area contributed by atoms with Gasteiger partial charge in [-0.05, 0) is 40.5 Å². The van der Waals surface area contributed by atoms with E-state index >= 15 is 0 Å². The first-order valence-corrected chi connectivity index (χ1v) is 5.59. The van der Waals surface area contributed by atoms with E-state index in [0.29, 0.717) is 29.4 Å². The Bertz CT molecular complexity index is 354. The molecule has 0 aliphatic rings. The van der Waals surface area contributed by atoms with E-state index in [-0.39, 0.29) is 18.0 Å². The molecule has 0 heterocycles. The van der Waals surface area contributed by atoms with Gasteiger partial charge in [-0.25, -0.2) is 4.39 Å². The molecule has 82 valence electrons. The molecule has 0 fully saturated rings. The van der Waals surface area contributed by atoms with Crippen molar-refractivity contribution < 1.29 is 9.18 Å². The summed E-state index contributed by atoms with van der Waals surface area (Å²) in [7, 11) is 0. The molecular weight excluding hydrogens is 261 g/mol. The highest BCUT2D eigenvalue weighted by molar-refractivity contribution is 9.10. The molecule has 0 amide bonds. The van der Waals surface area contributed by atoms with Crippen LogP contribution in [0.4, 0.5) is 4.39 Å². The molecular formula is C11H13BrFNO. The maximum atomic E-state index is 13.1. The molecule has 0 spiro atoms. The average Bonchev–Trinajstić information content (AvgIpc) is 2.22. The second-order valence-electron chi connectivity index (χ2n) is 3.32. The van der Waals surface area contributed by atoms with Crippen molar-refractivity contribution in [2.24, 2.45) is 5.73 Å². The van der Waals surface area contributed by atoms with Crippen LogP contribution in [0.5, 0.6) is 0 Å². The van der Waals surface area contributed by atoms with Crippen molar-refractivity contribution >= 4 is 21.7 Å². The Labute approximate surface area is 96.8 Å². The van der Waals surface area contributed by atoms with Gasteiger partial charge >= 0.3 is 0 Å². The molecule has 4 heteroatoms. The van der Waals surface area contributed by atoms with Gasteiger partial charge in [0.05, 0.1) is 4.47 Å². The molecule has 0 radical (unpaired) electrons. The normalized spacial score (nSPS) is 10.3. The van der Waals surface area contributed by atoms with Gasteiger partial charge in [-0.2, -0.15) is 0 Å². The zero-order chi connectivity index (χ0) is 11.3. The van der Waals surface area contributed by atoms with Gasteiger partial charge in [0.1, 0.15) is 11.6 Å². The highest BCUT2D eigenvalue weighted by Gasteiger charge is 2.09. The molecule has 0 unspecified atom stereocenters. The number of halogens is 2. The minimum absolute atomic E-state index is 0.0896. The first-order chi connectivity index (χ1) is 7.15. The van der Waals surface area contributed by atoms with Crippen LogP contribution in [-0.4, -0.2) is 12.3 Å². The van der Waals surface area contributed by atoms with Crippen molar-refractivity contribution in [2.75, 3.05) is 6.54 Å². The monoisotopic (exact) mass is 273 g/mol. The zero-order valence-corrected chi connectivity index (χ0v) is 9.89. The van der Waals surface area contributed by atoms with Crippen molar-refractivity contribution in [3.05, 3.63) is 34.1 Å². The van der Waals surface area contributed by atoms with Crippen LogP contribution < -0.4 is 5.73 Å². The Balaban J connectivity index is 2.64. The van der Waals surface area contributed by atoms with Crippen molar-refractivity contribution in [2.45, 2.75) is 19.3 Å². The third-order valence-electron chi connectivity index (χ3n) is 2.08. The molecule has 0 aliphatic heterocycles. The summed E-state index contributed by atoms with van der Waals surface area (Å²) in [5.74, 6) is -0.245. The van der Waals surface area contributed by atoms with Gasteiger partial charge in [0.2, 0.25) is 0 Å². The SMILES string of the molecule is NCCCC(=O)Cc1cccc(F)c1Br. The maximum absolute atomic E-state index is 13.1. The molecule has 1 rings (SSSR count). The number of Topliss-reactive ketones (excluding diaryl/α,β-unsaturated/α-hetero) is 1. The van der Waals surface area contributed by atoms with Crippen LogP contribution in [0.2, 0.25) is 0 Å². The third-order valence-corrected chi connectivity index (χ3v) is 2.97. The number of carbonyl (C=O) groups excluding carboxylic acids is 1. The lowest BCUT2D eigenvalue weighted by Crippen LogP contribution is -2.07. The lowest BCUT2D eigenvalue weighted by Gasteiger charge is -2.04. The standard InChI is InChI=1S/C11H13BrFNO/c12-11-8(3-1-5-10(11)13)7-9(15)4-2-6-14/h1,3,5H,2,4,6-7,14H2.